The molecule has 208 valence electrons. The summed E-state index contributed by atoms with van der Waals surface area (Å²) in [5.41, 5.74) is 1.42. The van der Waals surface area contributed by atoms with E-state index in [1.807, 2.05) is 31.1 Å². The number of carbonyl (C=O) groups is 3. The van der Waals surface area contributed by atoms with Gasteiger partial charge in [-0.1, -0.05) is 50.3 Å². The number of amides is 2. The zero-order chi connectivity index (χ0) is 27.7. The molecule has 2 aromatic rings. The second-order valence-electron chi connectivity index (χ2n) is 10.7. The highest BCUT2D eigenvalue weighted by atomic mass is 35.5. The van der Waals surface area contributed by atoms with Crippen LogP contribution in [0.5, 0.6) is 0 Å². The SMILES string of the molecule is C=C(CN(C)C)C(=O)CC[C@H](CC1CCCCC1)NC(=O)[C@@H](CC(=O)NC)Cc1nc2ccc(Cl)cc2s1. The minimum Gasteiger partial charge on any atom is -0.359 e. The topological polar surface area (TPSA) is 91.4 Å². The van der Waals surface area contributed by atoms with Crippen molar-refractivity contribution < 1.29 is 14.4 Å². The average molecular weight is 561 g/mol. The molecule has 2 amide bonds. The Bertz CT molecular complexity index is 1130. The second kappa shape index (κ2) is 14.8. The van der Waals surface area contributed by atoms with E-state index < -0.39 is 5.92 Å². The molecule has 9 heteroatoms. The van der Waals surface area contributed by atoms with Gasteiger partial charge in [-0.2, -0.15) is 0 Å². The third-order valence-electron chi connectivity index (χ3n) is 7.21. The van der Waals surface area contributed by atoms with E-state index >= 15 is 0 Å². The number of benzene rings is 1. The molecule has 2 atom stereocenters. The molecule has 1 heterocycles. The Kier molecular flexibility index (Phi) is 11.7. The first-order chi connectivity index (χ1) is 18.1. The van der Waals surface area contributed by atoms with E-state index in [4.69, 9.17) is 11.6 Å². The number of Topliss-reactive ketones (excluding diaryl/α,β-unsaturated/α-hetero) is 1. The lowest BCUT2D eigenvalue weighted by atomic mass is 9.83. The summed E-state index contributed by atoms with van der Waals surface area (Å²) < 4.78 is 0.957. The molecule has 7 nitrogen and oxygen atoms in total. The van der Waals surface area contributed by atoms with E-state index in [9.17, 15) is 14.4 Å². The number of hydrogen-bond acceptors (Lipinski definition) is 6. The number of rotatable bonds is 14. The summed E-state index contributed by atoms with van der Waals surface area (Å²) in [4.78, 5) is 45.3. The molecule has 1 aliphatic carbocycles. The smallest absolute Gasteiger partial charge is 0.224 e. The Morgan fingerprint density at radius 2 is 1.95 bits per heavy atom. The van der Waals surface area contributed by atoms with Crippen LogP contribution in [0.2, 0.25) is 5.02 Å². The molecule has 0 saturated heterocycles. The van der Waals surface area contributed by atoms with Crippen LogP contribution in [0.25, 0.3) is 10.2 Å². The van der Waals surface area contributed by atoms with Crippen molar-refractivity contribution in [1.29, 1.82) is 0 Å². The molecule has 0 radical (unpaired) electrons. The van der Waals surface area contributed by atoms with Gasteiger partial charge in [0.2, 0.25) is 11.8 Å². The van der Waals surface area contributed by atoms with E-state index in [0.717, 1.165) is 34.5 Å². The summed E-state index contributed by atoms with van der Waals surface area (Å²) in [6.07, 6.45) is 8.22. The van der Waals surface area contributed by atoms with Gasteiger partial charge in [0.15, 0.2) is 5.78 Å². The van der Waals surface area contributed by atoms with Gasteiger partial charge in [0.1, 0.15) is 0 Å². The summed E-state index contributed by atoms with van der Waals surface area (Å²) >= 11 is 7.63. The van der Waals surface area contributed by atoms with Crippen molar-refractivity contribution in [2.24, 2.45) is 11.8 Å². The number of halogens is 1. The largest absolute Gasteiger partial charge is 0.359 e. The maximum atomic E-state index is 13.6. The van der Waals surface area contributed by atoms with E-state index in [2.05, 4.69) is 22.2 Å². The van der Waals surface area contributed by atoms with Crippen molar-refractivity contribution in [3.05, 3.63) is 40.4 Å². The van der Waals surface area contributed by atoms with Crippen molar-refractivity contribution >= 4 is 50.8 Å². The fourth-order valence-corrected chi connectivity index (χ4v) is 6.50. The number of ketones is 1. The molecule has 0 bridgehead atoms. The van der Waals surface area contributed by atoms with Crippen LogP contribution >= 0.6 is 22.9 Å². The zero-order valence-corrected chi connectivity index (χ0v) is 24.4. The minimum absolute atomic E-state index is 0.0386. The van der Waals surface area contributed by atoms with Crippen LogP contribution in [0.15, 0.2) is 30.4 Å². The summed E-state index contributed by atoms with van der Waals surface area (Å²) in [5.74, 6) is -0.323. The predicted molar refractivity (Wildman–Crippen MR) is 156 cm³/mol. The Hall–Kier alpha value is -2.29. The molecule has 1 aromatic heterocycles. The Balaban J connectivity index is 1.72. The third-order valence-corrected chi connectivity index (χ3v) is 8.48. The van der Waals surface area contributed by atoms with Gasteiger partial charge in [0.25, 0.3) is 0 Å². The summed E-state index contributed by atoms with van der Waals surface area (Å²) in [7, 11) is 5.41. The first-order valence-corrected chi connectivity index (χ1v) is 14.8. The quantitative estimate of drug-likeness (QED) is 0.311. The molecule has 38 heavy (non-hydrogen) atoms. The van der Waals surface area contributed by atoms with Crippen molar-refractivity contribution in [3.8, 4) is 0 Å². The Labute approximate surface area is 235 Å². The van der Waals surface area contributed by atoms with Gasteiger partial charge in [-0.3, -0.25) is 14.4 Å². The molecule has 3 rings (SSSR count). The second-order valence-corrected chi connectivity index (χ2v) is 12.3. The van der Waals surface area contributed by atoms with Gasteiger partial charge in [-0.25, -0.2) is 4.98 Å². The molecule has 2 N–H and O–H groups in total. The highest BCUT2D eigenvalue weighted by molar-refractivity contribution is 7.18. The normalized spacial score (nSPS) is 15.8. The number of hydrogen-bond donors (Lipinski definition) is 2. The molecular weight excluding hydrogens is 520 g/mol. The van der Waals surface area contributed by atoms with E-state index in [-0.39, 0.29) is 30.1 Å². The number of nitrogens with one attached hydrogen (secondary N) is 2. The van der Waals surface area contributed by atoms with Crippen LogP contribution in [0.4, 0.5) is 0 Å². The van der Waals surface area contributed by atoms with Gasteiger partial charge in [0, 0.05) is 49.5 Å². The summed E-state index contributed by atoms with van der Waals surface area (Å²) in [6.45, 7) is 4.48. The molecule has 1 aromatic carbocycles. The number of nitrogens with zero attached hydrogens (tertiary/aromatic N) is 2. The maximum absolute atomic E-state index is 13.6. The number of thiazole rings is 1. The molecule has 0 aliphatic heterocycles. The lowest BCUT2D eigenvalue weighted by Crippen LogP contribution is -2.42. The number of aromatic nitrogens is 1. The monoisotopic (exact) mass is 560 g/mol. The fourth-order valence-electron chi connectivity index (χ4n) is 5.17. The van der Waals surface area contributed by atoms with Gasteiger partial charge in [0.05, 0.1) is 21.1 Å². The highest BCUT2D eigenvalue weighted by Gasteiger charge is 2.28. The van der Waals surface area contributed by atoms with Gasteiger partial charge >= 0.3 is 0 Å². The van der Waals surface area contributed by atoms with E-state index in [1.165, 1.54) is 30.6 Å². The van der Waals surface area contributed by atoms with Crippen LogP contribution in [0.1, 0.15) is 62.8 Å². The zero-order valence-electron chi connectivity index (χ0n) is 22.9. The molecule has 1 fully saturated rings. The highest BCUT2D eigenvalue weighted by Crippen LogP contribution is 2.30. The van der Waals surface area contributed by atoms with Gasteiger partial charge in [-0.05, 0) is 51.1 Å². The van der Waals surface area contributed by atoms with Crippen molar-refractivity contribution in [1.82, 2.24) is 20.5 Å². The lowest BCUT2D eigenvalue weighted by Gasteiger charge is -2.28. The fraction of sp³-hybridized carbons (Fsp3) is 0.586. The molecular formula is C29H41ClN4O3S. The molecule has 1 saturated carbocycles. The van der Waals surface area contributed by atoms with Crippen LogP contribution < -0.4 is 10.6 Å². The van der Waals surface area contributed by atoms with Crippen LogP contribution in [-0.4, -0.2) is 61.2 Å². The van der Waals surface area contributed by atoms with Crippen molar-refractivity contribution in [2.75, 3.05) is 27.7 Å². The Morgan fingerprint density at radius 1 is 1.21 bits per heavy atom. The molecule has 0 spiro atoms. The number of likely N-dealkylation sites (N-methyl/N-ethyl adjacent to an activating group) is 1. The maximum Gasteiger partial charge on any atom is 0.224 e. The van der Waals surface area contributed by atoms with Gasteiger partial charge < -0.3 is 15.5 Å². The van der Waals surface area contributed by atoms with Crippen molar-refractivity contribution in [2.45, 2.75) is 70.3 Å². The minimum atomic E-state index is -0.556. The summed E-state index contributed by atoms with van der Waals surface area (Å²) in [5, 5.41) is 7.32. The summed E-state index contributed by atoms with van der Waals surface area (Å²) in [6, 6.07) is 5.41. The van der Waals surface area contributed by atoms with Crippen LogP contribution in [0, 0.1) is 11.8 Å². The molecule has 1 aliphatic rings. The third kappa shape index (κ3) is 9.47. The van der Waals surface area contributed by atoms with Crippen LogP contribution in [0.3, 0.4) is 0 Å². The Morgan fingerprint density at radius 3 is 2.63 bits per heavy atom. The van der Waals surface area contributed by atoms with E-state index in [0.29, 0.717) is 42.3 Å². The van der Waals surface area contributed by atoms with E-state index in [1.54, 1.807) is 13.1 Å². The van der Waals surface area contributed by atoms with Crippen molar-refractivity contribution in [3.63, 3.8) is 0 Å². The average Bonchev–Trinajstić information content (AvgIpc) is 3.28. The number of carbonyl (C=O) groups excluding carboxylic acids is 3. The molecule has 0 unspecified atom stereocenters. The van der Waals surface area contributed by atoms with Crippen LogP contribution in [-0.2, 0) is 20.8 Å². The number of fused-ring (bicyclic) bond motifs is 1. The first kappa shape index (κ1) is 30.3. The van der Waals surface area contributed by atoms with Gasteiger partial charge in [-0.15, -0.1) is 11.3 Å². The standard InChI is InChI=1S/C29H41ClN4O3S/c1-19(18-34(3)4)25(35)13-11-23(14-20-8-6-5-7-9-20)32-29(37)21(15-27(36)31-2)16-28-33-24-12-10-22(30)17-26(24)38-28/h10,12,17,20-21,23H,1,5-9,11,13-16,18H2,2-4H3,(H,31,36)(H,32,37)/t21-,23+/m0/s1. The lowest BCUT2D eigenvalue weighted by molar-refractivity contribution is -0.130. The predicted octanol–water partition coefficient (Wildman–Crippen LogP) is 5.17. The first-order valence-electron chi connectivity index (χ1n) is 13.6.